The van der Waals surface area contributed by atoms with Gasteiger partial charge in [-0.2, -0.15) is 11.8 Å². The molecular weight excluding hydrogens is 142 g/mol. The molecule has 0 aliphatic rings. The average molecular weight is 153 g/mol. The first-order chi connectivity index (χ1) is 4.93. The lowest BCUT2D eigenvalue weighted by molar-refractivity contribution is 1.17. The Morgan fingerprint density at radius 2 is 2.40 bits per heavy atom. The first-order valence-electron chi connectivity index (χ1n) is 3.41. The van der Waals surface area contributed by atoms with Crippen LogP contribution in [0, 0.1) is 0 Å². The molecule has 0 amide bonds. The maximum absolute atomic E-state index is 4.20. The molecule has 54 valence electrons. The van der Waals surface area contributed by atoms with Gasteiger partial charge in [-0.3, -0.25) is 4.98 Å². The van der Waals surface area contributed by atoms with Crippen molar-refractivity contribution in [1.82, 2.24) is 4.98 Å². The Kier molecular flexibility index (Phi) is 3.30. The van der Waals surface area contributed by atoms with E-state index in [1.807, 2.05) is 30.1 Å². The number of nitrogens with zero attached hydrogens (tertiary/aromatic N) is 1. The van der Waals surface area contributed by atoms with Crippen molar-refractivity contribution >= 4 is 11.8 Å². The maximum Gasteiger partial charge on any atom is 0.0502 e. The molecule has 1 aromatic rings. The summed E-state index contributed by atoms with van der Waals surface area (Å²) < 4.78 is 0. The van der Waals surface area contributed by atoms with Gasteiger partial charge in [0.2, 0.25) is 0 Å². The Morgan fingerprint density at radius 3 is 3.00 bits per heavy atom. The predicted molar refractivity (Wildman–Crippen MR) is 46.1 cm³/mol. The minimum Gasteiger partial charge on any atom is -0.260 e. The van der Waals surface area contributed by atoms with Gasteiger partial charge >= 0.3 is 0 Å². The topological polar surface area (TPSA) is 12.9 Å². The van der Waals surface area contributed by atoms with E-state index < -0.39 is 0 Å². The Morgan fingerprint density at radius 1 is 1.50 bits per heavy atom. The summed E-state index contributed by atoms with van der Waals surface area (Å²) in [7, 11) is 0. The summed E-state index contributed by atoms with van der Waals surface area (Å²) >= 11 is 1.90. The fourth-order valence-electron chi connectivity index (χ4n) is 0.690. The molecule has 0 radical (unpaired) electrons. The summed E-state index contributed by atoms with van der Waals surface area (Å²) in [4.78, 5) is 4.20. The number of hydrogen-bond acceptors (Lipinski definition) is 2. The molecule has 2 heteroatoms. The van der Waals surface area contributed by atoms with Crippen LogP contribution in [0.1, 0.15) is 12.6 Å². The van der Waals surface area contributed by atoms with Gasteiger partial charge in [0.05, 0.1) is 5.69 Å². The first-order valence-corrected chi connectivity index (χ1v) is 4.56. The van der Waals surface area contributed by atoms with Crippen molar-refractivity contribution in [3.8, 4) is 0 Å². The van der Waals surface area contributed by atoms with Crippen LogP contribution < -0.4 is 0 Å². The second-order valence-corrected chi connectivity index (χ2v) is 3.23. The molecule has 1 nitrogen and oxygen atoms in total. The molecule has 0 bridgehead atoms. The second-order valence-electron chi connectivity index (χ2n) is 1.96. The van der Waals surface area contributed by atoms with Crippen molar-refractivity contribution in [2.45, 2.75) is 12.7 Å². The number of rotatable bonds is 3. The van der Waals surface area contributed by atoms with E-state index in [1.165, 1.54) is 5.69 Å². The highest BCUT2D eigenvalue weighted by molar-refractivity contribution is 7.98. The molecule has 10 heavy (non-hydrogen) atoms. The van der Waals surface area contributed by atoms with Crippen LogP contribution in [0.25, 0.3) is 0 Å². The van der Waals surface area contributed by atoms with E-state index in [0.29, 0.717) is 0 Å². The molecule has 1 aromatic heterocycles. The van der Waals surface area contributed by atoms with Crippen LogP contribution in [-0.2, 0) is 5.75 Å². The summed E-state index contributed by atoms with van der Waals surface area (Å²) in [6, 6.07) is 6.03. The van der Waals surface area contributed by atoms with Gasteiger partial charge in [0.25, 0.3) is 0 Å². The maximum atomic E-state index is 4.20. The molecule has 0 aliphatic heterocycles. The molecule has 0 atom stereocenters. The van der Waals surface area contributed by atoms with Crippen LogP contribution in [0.15, 0.2) is 24.4 Å². The lowest BCUT2D eigenvalue weighted by Gasteiger charge is -1.95. The molecule has 0 aliphatic carbocycles. The lowest BCUT2D eigenvalue weighted by Crippen LogP contribution is -1.83. The summed E-state index contributed by atoms with van der Waals surface area (Å²) in [5.74, 6) is 2.20. The highest BCUT2D eigenvalue weighted by atomic mass is 32.2. The van der Waals surface area contributed by atoms with Gasteiger partial charge in [-0.1, -0.05) is 13.0 Å². The largest absolute Gasteiger partial charge is 0.260 e. The van der Waals surface area contributed by atoms with Crippen molar-refractivity contribution < 1.29 is 0 Å². The third-order valence-electron chi connectivity index (χ3n) is 1.18. The van der Waals surface area contributed by atoms with E-state index in [2.05, 4.69) is 18.0 Å². The normalized spacial score (nSPS) is 9.70. The van der Waals surface area contributed by atoms with Gasteiger partial charge < -0.3 is 0 Å². The Labute approximate surface area is 65.9 Å². The second kappa shape index (κ2) is 4.34. The minimum atomic E-state index is 1.04. The van der Waals surface area contributed by atoms with Crippen molar-refractivity contribution in [1.29, 1.82) is 0 Å². The SMILES string of the molecule is CCSCc1ccccn1. The molecule has 1 heterocycles. The quantitative estimate of drug-likeness (QED) is 0.661. The van der Waals surface area contributed by atoms with E-state index in [9.17, 15) is 0 Å². The fraction of sp³-hybridized carbons (Fsp3) is 0.375. The Bertz CT molecular complexity index is 174. The summed E-state index contributed by atoms with van der Waals surface area (Å²) in [5, 5.41) is 0. The minimum absolute atomic E-state index is 1.04. The fourth-order valence-corrected chi connectivity index (χ4v) is 1.27. The zero-order valence-electron chi connectivity index (χ0n) is 6.08. The van der Waals surface area contributed by atoms with Crippen LogP contribution in [0.5, 0.6) is 0 Å². The Hall–Kier alpha value is -0.500. The van der Waals surface area contributed by atoms with Crippen LogP contribution >= 0.6 is 11.8 Å². The molecule has 0 fully saturated rings. The van der Waals surface area contributed by atoms with Gasteiger partial charge in [-0.15, -0.1) is 0 Å². The van der Waals surface area contributed by atoms with Crippen molar-refractivity contribution in [2.75, 3.05) is 5.75 Å². The molecule has 0 saturated carbocycles. The third-order valence-corrected chi connectivity index (χ3v) is 2.09. The molecule has 0 unspecified atom stereocenters. The van der Waals surface area contributed by atoms with Crippen molar-refractivity contribution in [2.24, 2.45) is 0 Å². The van der Waals surface area contributed by atoms with Gasteiger partial charge in [0, 0.05) is 11.9 Å². The van der Waals surface area contributed by atoms with E-state index in [-0.39, 0.29) is 0 Å². The smallest absolute Gasteiger partial charge is 0.0502 e. The van der Waals surface area contributed by atoms with Crippen LogP contribution in [0.4, 0.5) is 0 Å². The third kappa shape index (κ3) is 2.40. The van der Waals surface area contributed by atoms with Gasteiger partial charge in [0.15, 0.2) is 0 Å². The van der Waals surface area contributed by atoms with E-state index in [4.69, 9.17) is 0 Å². The number of thioether (sulfide) groups is 1. The van der Waals surface area contributed by atoms with Gasteiger partial charge in [-0.25, -0.2) is 0 Å². The van der Waals surface area contributed by atoms with Crippen molar-refractivity contribution in [3.63, 3.8) is 0 Å². The lowest BCUT2D eigenvalue weighted by atomic mass is 10.4. The van der Waals surface area contributed by atoms with E-state index in [1.54, 1.807) is 0 Å². The van der Waals surface area contributed by atoms with Crippen molar-refractivity contribution in [3.05, 3.63) is 30.1 Å². The van der Waals surface area contributed by atoms with Gasteiger partial charge in [-0.05, 0) is 17.9 Å². The number of hydrogen-bond donors (Lipinski definition) is 0. The summed E-state index contributed by atoms with van der Waals surface area (Å²) in [6.45, 7) is 2.16. The average Bonchev–Trinajstić information content (AvgIpc) is 2.03. The summed E-state index contributed by atoms with van der Waals surface area (Å²) in [6.07, 6.45) is 1.84. The highest BCUT2D eigenvalue weighted by Crippen LogP contribution is 2.07. The monoisotopic (exact) mass is 153 g/mol. The van der Waals surface area contributed by atoms with E-state index >= 15 is 0 Å². The Balaban J connectivity index is 2.43. The standard InChI is InChI=1S/C8H11NS/c1-2-10-7-8-5-3-4-6-9-8/h3-6H,2,7H2,1H3. The number of aromatic nitrogens is 1. The van der Waals surface area contributed by atoms with Crippen LogP contribution in [-0.4, -0.2) is 10.7 Å². The van der Waals surface area contributed by atoms with Gasteiger partial charge in [0.1, 0.15) is 0 Å². The zero-order valence-corrected chi connectivity index (χ0v) is 6.90. The predicted octanol–water partition coefficient (Wildman–Crippen LogP) is 2.33. The molecule has 1 rings (SSSR count). The molecule has 0 spiro atoms. The highest BCUT2D eigenvalue weighted by Gasteiger charge is 1.89. The van der Waals surface area contributed by atoms with E-state index in [0.717, 1.165) is 11.5 Å². The molecule has 0 saturated heterocycles. The molecular formula is C8H11NS. The number of pyridine rings is 1. The van der Waals surface area contributed by atoms with Crippen LogP contribution in [0.3, 0.4) is 0 Å². The van der Waals surface area contributed by atoms with Crippen LogP contribution in [0.2, 0.25) is 0 Å². The zero-order chi connectivity index (χ0) is 7.23. The summed E-state index contributed by atoms with van der Waals surface area (Å²) in [5.41, 5.74) is 1.18. The first kappa shape index (κ1) is 7.61. The molecule has 0 N–H and O–H groups in total. The molecule has 0 aromatic carbocycles.